The number of nitrogens with zero attached hydrogens (tertiary/aromatic N) is 2. The van der Waals surface area contributed by atoms with E-state index in [1.165, 1.54) is 33.5 Å². The van der Waals surface area contributed by atoms with Crippen molar-refractivity contribution in [2.24, 2.45) is 0 Å². The Hall–Kier alpha value is -1.97. The second-order valence-corrected chi connectivity index (χ2v) is 8.75. The van der Waals surface area contributed by atoms with Gasteiger partial charge in [-0.15, -0.1) is 0 Å². The van der Waals surface area contributed by atoms with Gasteiger partial charge in [0, 0.05) is 31.7 Å². The zero-order chi connectivity index (χ0) is 18.9. The molecule has 1 N–H and O–H groups in total. The quantitative estimate of drug-likeness (QED) is 0.799. The minimum absolute atomic E-state index is 0.145. The Morgan fingerprint density at radius 2 is 1.73 bits per heavy atom. The summed E-state index contributed by atoms with van der Waals surface area (Å²) in [4.78, 5) is 26.5. The molecule has 0 bridgehead atoms. The molecule has 0 aliphatic carbocycles. The normalized spacial score (nSPS) is 21.3. The van der Waals surface area contributed by atoms with Gasteiger partial charge < -0.3 is 15.0 Å². The lowest BCUT2D eigenvalue weighted by atomic mass is 9.97. The molecular formula is C17H23N3O5S. The third-order valence-electron chi connectivity index (χ3n) is 4.81. The zero-order valence-corrected chi connectivity index (χ0v) is 15.7. The molecule has 1 aromatic carbocycles. The predicted molar refractivity (Wildman–Crippen MR) is 94.1 cm³/mol. The number of rotatable bonds is 3. The van der Waals surface area contributed by atoms with Gasteiger partial charge in [0.1, 0.15) is 5.54 Å². The summed E-state index contributed by atoms with van der Waals surface area (Å²) in [6.45, 7) is 5.58. The first kappa shape index (κ1) is 18.8. The van der Waals surface area contributed by atoms with Crippen LogP contribution in [0.2, 0.25) is 0 Å². The Morgan fingerprint density at radius 1 is 1.12 bits per heavy atom. The van der Waals surface area contributed by atoms with Crippen LogP contribution in [0, 0.1) is 0 Å². The highest BCUT2D eigenvalue weighted by Crippen LogP contribution is 2.22. The number of carbonyl (C=O) groups is 2. The molecule has 0 radical (unpaired) electrons. The van der Waals surface area contributed by atoms with Gasteiger partial charge in [-0.25, -0.2) is 8.42 Å². The first-order valence-corrected chi connectivity index (χ1v) is 9.97. The maximum atomic E-state index is 12.8. The van der Waals surface area contributed by atoms with E-state index in [0.717, 1.165) is 0 Å². The summed E-state index contributed by atoms with van der Waals surface area (Å²) in [5.74, 6) is -0.496. The molecule has 9 heteroatoms. The third kappa shape index (κ3) is 3.34. The topological polar surface area (TPSA) is 96.0 Å². The molecule has 142 valence electrons. The monoisotopic (exact) mass is 381 g/mol. The average molecular weight is 381 g/mol. The molecular weight excluding hydrogens is 358 g/mol. The van der Waals surface area contributed by atoms with Gasteiger partial charge in [0.15, 0.2) is 0 Å². The predicted octanol–water partition coefficient (Wildman–Crippen LogP) is 0.0581. The van der Waals surface area contributed by atoms with Crippen LogP contribution in [0.5, 0.6) is 0 Å². The van der Waals surface area contributed by atoms with Gasteiger partial charge in [0.05, 0.1) is 18.1 Å². The summed E-state index contributed by atoms with van der Waals surface area (Å²) in [6.07, 6.45) is 0. The van der Waals surface area contributed by atoms with Crippen molar-refractivity contribution in [2.75, 3.05) is 39.4 Å². The van der Waals surface area contributed by atoms with Crippen LogP contribution in [-0.4, -0.2) is 74.4 Å². The van der Waals surface area contributed by atoms with Crippen LogP contribution in [0.4, 0.5) is 0 Å². The van der Waals surface area contributed by atoms with E-state index in [1.807, 2.05) is 0 Å². The van der Waals surface area contributed by atoms with Crippen LogP contribution in [0.25, 0.3) is 0 Å². The number of hydrogen-bond acceptors (Lipinski definition) is 5. The van der Waals surface area contributed by atoms with E-state index in [9.17, 15) is 18.0 Å². The molecule has 0 spiro atoms. The van der Waals surface area contributed by atoms with E-state index in [4.69, 9.17) is 4.74 Å². The minimum atomic E-state index is -3.60. The summed E-state index contributed by atoms with van der Waals surface area (Å²) in [5, 5.41) is 2.75. The van der Waals surface area contributed by atoms with Crippen molar-refractivity contribution in [1.29, 1.82) is 0 Å². The van der Waals surface area contributed by atoms with Crippen LogP contribution >= 0.6 is 0 Å². The molecule has 2 aliphatic heterocycles. The Morgan fingerprint density at radius 3 is 2.35 bits per heavy atom. The smallest absolute Gasteiger partial charge is 0.254 e. The van der Waals surface area contributed by atoms with Crippen LogP contribution in [-0.2, 0) is 19.6 Å². The Balaban J connectivity index is 1.81. The molecule has 0 unspecified atom stereocenters. The molecule has 0 atom stereocenters. The van der Waals surface area contributed by atoms with Crippen molar-refractivity contribution < 1.29 is 22.7 Å². The van der Waals surface area contributed by atoms with Gasteiger partial charge >= 0.3 is 0 Å². The number of ether oxygens (including phenoxy) is 1. The van der Waals surface area contributed by atoms with E-state index < -0.39 is 15.6 Å². The summed E-state index contributed by atoms with van der Waals surface area (Å²) in [5.41, 5.74) is -0.595. The molecule has 2 saturated heterocycles. The summed E-state index contributed by atoms with van der Waals surface area (Å²) in [6, 6.07) is 5.88. The van der Waals surface area contributed by atoms with Crippen molar-refractivity contribution >= 4 is 21.8 Å². The lowest BCUT2D eigenvalue weighted by Gasteiger charge is -2.41. The molecule has 1 aromatic rings. The summed E-state index contributed by atoms with van der Waals surface area (Å²) < 4.78 is 31.8. The van der Waals surface area contributed by atoms with Crippen LogP contribution in [0.15, 0.2) is 29.2 Å². The fourth-order valence-electron chi connectivity index (χ4n) is 3.12. The largest absolute Gasteiger partial charge is 0.379 e. The highest BCUT2D eigenvalue weighted by molar-refractivity contribution is 7.89. The first-order valence-electron chi connectivity index (χ1n) is 8.53. The van der Waals surface area contributed by atoms with Gasteiger partial charge in [-0.1, -0.05) is 0 Å². The lowest BCUT2D eigenvalue weighted by Crippen LogP contribution is -2.63. The number of hydrogen-bond donors (Lipinski definition) is 1. The fraction of sp³-hybridized carbons (Fsp3) is 0.529. The summed E-state index contributed by atoms with van der Waals surface area (Å²) >= 11 is 0. The molecule has 2 aliphatic rings. The standard InChI is InChI=1S/C17H23N3O5S/c1-17(2)16(22)18-7-8-20(17)15(21)13-3-5-14(6-4-13)26(23,24)19-9-11-25-12-10-19/h3-6H,7-12H2,1-2H3,(H,18,22). The number of carbonyl (C=O) groups excluding carboxylic acids is 2. The van der Waals surface area contributed by atoms with Gasteiger partial charge in [-0.2, -0.15) is 4.31 Å². The highest BCUT2D eigenvalue weighted by Gasteiger charge is 2.40. The molecule has 26 heavy (non-hydrogen) atoms. The van der Waals surface area contributed by atoms with Gasteiger partial charge in [0.2, 0.25) is 15.9 Å². The third-order valence-corrected chi connectivity index (χ3v) is 6.72. The second kappa shape index (κ2) is 6.98. The average Bonchev–Trinajstić information content (AvgIpc) is 2.64. The van der Waals surface area contributed by atoms with Crippen molar-refractivity contribution in [2.45, 2.75) is 24.3 Å². The van der Waals surface area contributed by atoms with Crippen LogP contribution < -0.4 is 5.32 Å². The first-order chi connectivity index (χ1) is 12.2. The fourth-order valence-corrected chi connectivity index (χ4v) is 4.52. The molecule has 0 aromatic heterocycles. The molecule has 0 saturated carbocycles. The van der Waals surface area contributed by atoms with Gasteiger partial charge in [-0.05, 0) is 38.1 Å². The van der Waals surface area contributed by atoms with E-state index in [2.05, 4.69) is 5.32 Å². The Kier molecular flexibility index (Phi) is 5.05. The highest BCUT2D eigenvalue weighted by atomic mass is 32.2. The van der Waals surface area contributed by atoms with E-state index in [0.29, 0.717) is 45.0 Å². The number of amides is 2. The molecule has 8 nitrogen and oxygen atoms in total. The van der Waals surface area contributed by atoms with Crippen LogP contribution in [0.3, 0.4) is 0 Å². The van der Waals surface area contributed by atoms with Crippen molar-refractivity contribution in [3.63, 3.8) is 0 Å². The molecule has 2 amide bonds. The number of benzene rings is 1. The second-order valence-electron chi connectivity index (χ2n) is 6.81. The minimum Gasteiger partial charge on any atom is -0.379 e. The van der Waals surface area contributed by atoms with E-state index >= 15 is 0 Å². The number of morpholine rings is 1. The van der Waals surface area contributed by atoms with Gasteiger partial charge in [0.25, 0.3) is 5.91 Å². The number of piperazine rings is 1. The Bertz CT molecular complexity index is 798. The maximum Gasteiger partial charge on any atom is 0.254 e. The molecule has 2 heterocycles. The van der Waals surface area contributed by atoms with Crippen molar-refractivity contribution in [1.82, 2.24) is 14.5 Å². The molecule has 2 fully saturated rings. The van der Waals surface area contributed by atoms with E-state index in [-0.39, 0.29) is 16.7 Å². The summed E-state index contributed by atoms with van der Waals surface area (Å²) in [7, 11) is -3.60. The van der Waals surface area contributed by atoms with Crippen molar-refractivity contribution in [3.05, 3.63) is 29.8 Å². The number of nitrogens with one attached hydrogen (secondary N) is 1. The van der Waals surface area contributed by atoms with Crippen molar-refractivity contribution in [3.8, 4) is 0 Å². The van der Waals surface area contributed by atoms with Gasteiger partial charge in [-0.3, -0.25) is 9.59 Å². The van der Waals surface area contributed by atoms with Crippen LogP contribution in [0.1, 0.15) is 24.2 Å². The Labute approximate surface area is 153 Å². The SMILES string of the molecule is CC1(C)C(=O)NCCN1C(=O)c1ccc(S(=O)(=O)N2CCOCC2)cc1. The maximum absolute atomic E-state index is 12.8. The number of sulfonamides is 1. The van der Waals surface area contributed by atoms with E-state index in [1.54, 1.807) is 13.8 Å². The molecule has 3 rings (SSSR count). The lowest BCUT2D eigenvalue weighted by molar-refractivity contribution is -0.133. The zero-order valence-electron chi connectivity index (χ0n) is 14.9.